The highest BCUT2D eigenvalue weighted by molar-refractivity contribution is 6.33. The third kappa shape index (κ3) is 5.30. The second-order valence-electron chi connectivity index (χ2n) is 5.46. The number of hydrogen-bond acceptors (Lipinski definition) is 5. The third-order valence-corrected chi connectivity index (χ3v) is 4.09. The maximum atomic E-state index is 12.7. The Morgan fingerprint density at radius 1 is 1.04 bits per heavy atom. The Morgan fingerprint density at radius 3 is 2.29 bits per heavy atom. The highest BCUT2D eigenvalue weighted by atomic mass is 35.5. The summed E-state index contributed by atoms with van der Waals surface area (Å²) in [5.41, 5.74) is -1.04. The molecule has 0 saturated carbocycles. The van der Waals surface area contributed by atoms with Crippen LogP contribution in [0.15, 0.2) is 36.4 Å². The number of halogens is 5. The van der Waals surface area contributed by atoms with Crippen LogP contribution in [0.4, 0.5) is 13.2 Å². The SMILES string of the molecule is COC(=O)C(C)OC(=O)c1cc(Oc2ccc(C(F)(F)F)cc2Cl)ccc1Cl. The van der Waals surface area contributed by atoms with Gasteiger partial charge < -0.3 is 14.2 Å². The van der Waals surface area contributed by atoms with Crippen molar-refractivity contribution in [1.82, 2.24) is 0 Å². The van der Waals surface area contributed by atoms with Gasteiger partial charge in [-0.05, 0) is 43.3 Å². The van der Waals surface area contributed by atoms with Gasteiger partial charge in [0.05, 0.1) is 28.3 Å². The van der Waals surface area contributed by atoms with Gasteiger partial charge in [0.25, 0.3) is 0 Å². The summed E-state index contributed by atoms with van der Waals surface area (Å²) in [5, 5.41) is -0.249. The largest absolute Gasteiger partial charge is 0.466 e. The molecular formula is C18H13Cl2F3O5. The monoisotopic (exact) mass is 436 g/mol. The van der Waals surface area contributed by atoms with Crippen molar-refractivity contribution in [2.75, 3.05) is 7.11 Å². The molecule has 0 fully saturated rings. The van der Waals surface area contributed by atoms with E-state index >= 15 is 0 Å². The van der Waals surface area contributed by atoms with Crippen LogP contribution in [-0.2, 0) is 20.4 Å². The van der Waals surface area contributed by atoms with Gasteiger partial charge in [-0.25, -0.2) is 9.59 Å². The lowest BCUT2D eigenvalue weighted by atomic mass is 10.2. The zero-order chi connectivity index (χ0) is 21.1. The van der Waals surface area contributed by atoms with Crippen molar-refractivity contribution in [2.45, 2.75) is 19.2 Å². The van der Waals surface area contributed by atoms with Crippen LogP contribution in [0, 0.1) is 0 Å². The number of carbonyl (C=O) groups excluding carboxylic acids is 2. The molecule has 0 aliphatic carbocycles. The first-order valence-corrected chi connectivity index (χ1v) is 8.41. The molecule has 28 heavy (non-hydrogen) atoms. The van der Waals surface area contributed by atoms with Gasteiger partial charge in [-0.2, -0.15) is 13.2 Å². The second kappa shape index (κ2) is 8.70. The van der Waals surface area contributed by atoms with Crippen molar-refractivity contribution in [1.29, 1.82) is 0 Å². The predicted octanol–water partition coefficient (Wildman–Crippen LogP) is 5.52. The van der Waals surface area contributed by atoms with Gasteiger partial charge >= 0.3 is 18.1 Å². The molecule has 2 aromatic rings. The van der Waals surface area contributed by atoms with Crippen molar-refractivity contribution in [3.63, 3.8) is 0 Å². The number of rotatable bonds is 5. The molecule has 1 atom stereocenters. The maximum Gasteiger partial charge on any atom is 0.416 e. The summed E-state index contributed by atoms with van der Waals surface area (Å²) >= 11 is 11.8. The molecule has 0 aliphatic rings. The molecule has 0 aromatic heterocycles. The summed E-state index contributed by atoms with van der Waals surface area (Å²) in [5.74, 6) is -1.65. The molecule has 2 aromatic carbocycles. The van der Waals surface area contributed by atoms with Crippen LogP contribution in [0.3, 0.4) is 0 Å². The fourth-order valence-electron chi connectivity index (χ4n) is 2.05. The zero-order valence-electron chi connectivity index (χ0n) is 14.5. The van der Waals surface area contributed by atoms with E-state index in [9.17, 15) is 22.8 Å². The Labute approximate surface area is 167 Å². The number of esters is 2. The molecule has 0 saturated heterocycles. The summed E-state index contributed by atoms with van der Waals surface area (Å²) in [6, 6.07) is 6.51. The Balaban J connectivity index is 2.24. The minimum atomic E-state index is -4.55. The molecule has 0 N–H and O–H groups in total. The van der Waals surface area contributed by atoms with E-state index in [1.54, 1.807) is 0 Å². The first-order valence-electron chi connectivity index (χ1n) is 7.66. The fourth-order valence-corrected chi connectivity index (χ4v) is 2.46. The maximum absolute atomic E-state index is 12.7. The number of ether oxygens (including phenoxy) is 3. The highest BCUT2D eigenvalue weighted by Gasteiger charge is 2.31. The van der Waals surface area contributed by atoms with Crippen molar-refractivity contribution in [3.05, 3.63) is 57.6 Å². The molecule has 0 heterocycles. The summed E-state index contributed by atoms with van der Waals surface area (Å²) in [7, 11) is 1.14. The fraction of sp³-hybridized carbons (Fsp3) is 0.222. The number of methoxy groups -OCH3 is 1. The lowest BCUT2D eigenvalue weighted by Gasteiger charge is -2.14. The molecule has 2 rings (SSSR count). The average molecular weight is 437 g/mol. The number of benzene rings is 2. The van der Waals surface area contributed by atoms with E-state index in [1.165, 1.54) is 25.1 Å². The van der Waals surface area contributed by atoms with Crippen molar-refractivity contribution in [3.8, 4) is 11.5 Å². The van der Waals surface area contributed by atoms with Crippen molar-refractivity contribution < 1.29 is 37.0 Å². The van der Waals surface area contributed by atoms with Crippen LogP contribution in [0.1, 0.15) is 22.8 Å². The molecule has 0 aliphatic heterocycles. The standard InChI is InChI=1S/C18H13Cl2F3O5/c1-9(16(24)26-2)27-17(25)12-8-11(4-5-13(12)19)28-15-6-3-10(7-14(15)20)18(21,22)23/h3-9H,1-2H3. The molecule has 0 spiro atoms. The number of alkyl halides is 3. The van der Waals surface area contributed by atoms with E-state index in [2.05, 4.69) is 4.74 Å². The lowest BCUT2D eigenvalue weighted by Crippen LogP contribution is -2.25. The van der Waals surface area contributed by atoms with Crippen molar-refractivity contribution >= 4 is 35.1 Å². The lowest BCUT2D eigenvalue weighted by molar-refractivity contribution is -0.149. The molecule has 0 radical (unpaired) electrons. The van der Waals surface area contributed by atoms with Crippen LogP contribution < -0.4 is 4.74 Å². The zero-order valence-corrected chi connectivity index (χ0v) is 16.0. The number of carbonyl (C=O) groups is 2. The smallest absolute Gasteiger partial charge is 0.416 e. The van der Waals surface area contributed by atoms with Gasteiger partial charge in [-0.1, -0.05) is 23.2 Å². The quantitative estimate of drug-likeness (QED) is 0.577. The van der Waals surface area contributed by atoms with Gasteiger partial charge in [0, 0.05) is 0 Å². The average Bonchev–Trinajstić information content (AvgIpc) is 2.63. The van der Waals surface area contributed by atoms with Crippen LogP contribution in [-0.4, -0.2) is 25.2 Å². The molecule has 0 amide bonds. The summed E-state index contributed by atoms with van der Waals surface area (Å²) < 4.78 is 52.9. The molecule has 5 nitrogen and oxygen atoms in total. The van der Waals surface area contributed by atoms with E-state index < -0.39 is 29.8 Å². The number of hydrogen-bond donors (Lipinski definition) is 0. The first kappa shape index (κ1) is 21.8. The predicted molar refractivity (Wildman–Crippen MR) is 94.9 cm³/mol. The summed E-state index contributed by atoms with van der Waals surface area (Å²) in [4.78, 5) is 23.6. The van der Waals surface area contributed by atoms with Gasteiger partial charge in [0.1, 0.15) is 11.5 Å². The van der Waals surface area contributed by atoms with Gasteiger partial charge in [-0.15, -0.1) is 0 Å². The third-order valence-electron chi connectivity index (χ3n) is 3.46. The minimum absolute atomic E-state index is 0.0212. The Kier molecular flexibility index (Phi) is 6.79. The molecule has 10 heteroatoms. The minimum Gasteiger partial charge on any atom is -0.466 e. The second-order valence-corrected chi connectivity index (χ2v) is 6.27. The van der Waals surface area contributed by atoms with E-state index in [1.807, 2.05) is 0 Å². The van der Waals surface area contributed by atoms with Gasteiger partial charge in [-0.3, -0.25) is 0 Å². The highest BCUT2D eigenvalue weighted by Crippen LogP contribution is 2.37. The topological polar surface area (TPSA) is 61.8 Å². The Hall–Kier alpha value is -2.45. The van der Waals surface area contributed by atoms with Gasteiger partial charge in [0.2, 0.25) is 0 Å². The van der Waals surface area contributed by atoms with E-state index in [0.717, 1.165) is 25.3 Å². The van der Waals surface area contributed by atoms with Crippen LogP contribution in [0.5, 0.6) is 11.5 Å². The van der Waals surface area contributed by atoms with E-state index in [4.69, 9.17) is 32.7 Å². The summed E-state index contributed by atoms with van der Waals surface area (Å²) in [6.45, 7) is 1.32. The molecular weight excluding hydrogens is 424 g/mol. The van der Waals surface area contributed by atoms with Crippen molar-refractivity contribution in [2.24, 2.45) is 0 Å². The van der Waals surface area contributed by atoms with Crippen LogP contribution in [0.2, 0.25) is 10.0 Å². The first-order chi connectivity index (χ1) is 13.0. The van der Waals surface area contributed by atoms with E-state index in [0.29, 0.717) is 0 Å². The molecule has 0 bridgehead atoms. The van der Waals surface area contributed by atoms with E-state index in [-0.39, 0.29) is 27.1 Å². The molecule has 150 valence electrons. The van der Waals surface area contributed by atoms with Crippen LogP contribution in [0.25, 0.3) is 0 Å². The Morgan fingerprint density at radius 2 is 1.71 bits per heavy atom. The Bertz CT molecular complexity index is 899. The normalized spacial score (nSPS) is 12.2. The summed E-state index contributed by atoms with van der Waals surface area (Å²) in [6.07, 6.45) is -5.71. The van der Waals surface area contributed by atoms with Crippen LogP contribution >= 0.6 is 23.2 Å². The van der Waals surface area contributed by atoms with Gasteiger partial charge in [0.15, 0.2) is 6.10 Å². The molecule has 1 unspecified atom stereocenters.